The van der Waals surface area contributed by atoms with Crippen LogP contribution < -0.4 is 4.74 Å². The number of ether oxygens (including phenoxy) is 1. The van der Waals surface area contributed by atoms with Crippen molar-refractivity contribution in [3.8, 4) is 5.75 Å². The van der Waals surface area contributed by atoms with Crippen LogP contribution in [0.1, 0.15) is 42.5 Å². The first-order valence-corrected chi connectivity index (χ1v) is 11.5. The highest BCUT2D eigenvalue weighted by Gasteiger charge is 2.45. The molecule has 1 saturated heterocycles. The van der Waals surface area contributed by atoms with E-state index < -0.39 is 17.7 Å². The number of carbonyl (C=O) groups is 2. The van der Waals surface area contributed by atoms with Gasteiger partial charge in [0.1, 0.15) is 11.5 Å². The van der Waals surface area contributed by atoms with Crippen molar-refractivity contribution in [1.29, 1.82) is 0 Å². The van der Waals surface area contributed by atoms with E-state index in [1.807, 2.05) is 32.8 Å². The number of nitrogens with zero attached hydrogens (tertiary/aromatic N) is 2. The van der Waals surface area contributed by atoms with Crippen molar-refractivity contribution in [3.63, 3.8) is 0 Å². The van der Waals surface area contributed by atoms with E-state index in [1.54, 1.807) is 47.4 Å². The second-order valence-electron chi connectivity index (χ2n) is 8.53. The molecule has 2 aromatic rings. The first kappa shape index (κ1) is 24.8. The lowest BCUT2D eigenvalue weighted by Crippen LogP contribution is -2.32. The Kier molecular flexibility index (Phi) is 8.16. The van der Waals surface area contributed by atoms with Crippen molar-refractivity contribution < 1.29 is 19.4 Å². The number of hydrogen-bond donors (Lipinski definition) is 1. The van der Waals surface area contributed by atoms with Gasteiger partial charge in [-0.15, -0.1) is 0 Å². The van der Waals surface area contributed by atoms with Gasteiger partial charge in [-0.1, -0.05) is 30.7 Å². The van der Waals surface area contributed by atoms with Gasteiger partial charge in [-0.3, -0.25) is 9.59 Å². The maximum Gasteiger partial charge on any atom is 0.295 e. The number of ketones is 1. The summed E-state index contributed by atoms with van der Waals surface area (Å²) >= 11 is 6.07. The summed E-state index contributed by atoms with van der Waals surface area (Å²) in [6, 6.07) is 11.6. The van der Waals surface area contributed by atoms with Crippen LogP contribution >= 0.6 is 11.6 Å². The number of rotatable bonds is 9. The number of hydrogen-bond acceptors (Lipinski definition) is 5. The van der Waals surface area contributed by atoms with Crippen molar-refractivity contribution in [2.75, 3.05) is 33.8 Å². The Hall–Kier alpha value is -2.83. The van der Waals surface area contributed by atoms with Crippen molar-refractivity contribution in [1.82, 2.24) is 9.80 Å². The number of benzene rings is 2. The van der Waals surface area contributed by atoms with Gasteiger partial charge in [0, 0.05) is 17.1 Å². The highest BCUT2D eigenvalue weighted by Crippen LogP contribution is 2.40. The minimum Gasteiger partial charge on any atom is -0.507 e. The first-order valence-electron chi connectivity index (χ1n) is 11.2. The zero-order valence-corrected chi connectivity index (χ0v) is 20.4. The molecular weight excluding hydrogens is 440 g/mol. The maximum absolute atomic E-state index is 13.1. The minimum atomic E-state index is -0.680. The summed E-state index contributed by atoms with van der Waals surface area (Å²) in [5.74, 6) is -0.739. The van der Waals surface area contributed by atoms with Gasteiger partial charge in [-0.2, -0.15) is 0 Å². The average molecular weight is 471 g/mol. The van der Waals surface area contributed by atoms with Gasteiger partial charge in [0.2, 0.25) is 0 Å². The molecular formula is C26H31ClN2O4. The molecule has 1 heterocycles. The fourth-order valence-electron chi connectivity index (χ4n) is 3.99. The summed E-state index contributed by atoms with van der Waals surface area (Å²) in [6.07, 6.45) is 1.59. The van der Waals surface area contributed by atoms with Crippen LogP contribution in [-0.2, 0) is 9.59 Å². The topological polar surface area (TPSA) is 70.1 Å². The second kappa shape index (κ2) is 10.9. The molecule has 1 N–H and O–H groups in total. The molecule has 1 unspecified atom stereocenters. The number of aliphatic hydroxyl groups is 1. The standard InChI is InChI=1S/C26H31ClN2O4/c1-5-15-33-21-12-9-19(16-17(21)2)24(30)22-23(18-7-10-20(27)11-8-18)29(26(32)25(22)31)14-6-13-28(3)4/h7-12,16,23,30H,5-6,13-15H2,1-4H3/b24-22-. The molecule has 0 saturated carbocycles. The van der Waals surface area contributed by atoms with Crippen LogP contribution in [-0.4, -0.2) is 60.4 Å². The molecule has 1 fully saturated rings. The number of amides is 1. The SMILES string of the molecule is CCCOc1ccc(/C(O)=C2/C(=O)C(=O)N(CCCN(C)C)C2c2ccc(Cl)cc2)cc1C. The van der Waals surface area contributed by atoms with Gasteiger partial charge in [-0.25, -0.2) is 0 Å². The van der Waals surface area contributed by atoms with Crippen molar-refractivity contribution in [2.24, 2.45) is 0 Å². The highest BCUT2D eigenvalue weighted by molar-refractivity contribution is 6.46. The maximum atomic E-state index is 13.1. The fourth-order valence-corrected chi connectivity index (χ4v) is 4.11. The lowest BCUT2D eigenvalue weighted by Gasteiger charge is -2.26. The summed E-state index contributed by atoms with van der Waals surface area (Å²) in [5, 5.41) is 11.8. The Morgan fingerprint density at radius 1 is 1.15 bits per heavy atom. The third-order valence-electron chi connectivity index (χ3n) is 5.64. The summed E-state index contributed by atoms with van der Waals surface area (Å²) in [4.78, 5) is 29.7. The molecule has 3 rings (SSSR count). The molecule has 1 aliphatic rings. The Labute approximate surface area is 200 Å². The normalized spacial score (nSPS) is 17.8. The van der Waals surface area contributed by atoms with Crippen LogP contribution in [0.25, 0.3) is 5.76 Å². The van der Waals surface area contributed by atoms with Crippen molar-refractivity contribution in [3.05, 3.63) is 69.8 Å². The highest BCUT2D eigenvalue weighted by atomic mass is 35.5. The molecule has 176 valence electrons. The van der Waals surface area contributed by atoms with E-state index in [9.17, 15) is 14.7 Å². The Balaban J connectivity index is 2.05. The molecule has 33 heavy (non-hydrogen) atoms. The summed E-state index contributed by atoms with van der Waals surface area (Å²) in [6.45, 7) is 5.69. The number of Topliss-reactive ketones (excluding diaryl/α,β-unsaturated/α-hetero) is 1. The number of likely N-dealkylation sites (tertiary alicyclic amines) is 1. The molecule has 2 aromatic carbocycles. The van der Waals surface area contributed by atoms with Crippen LogP contribution in [0.5, 0.6) is 5.75 Å². The van der Waals surface area contributed by atoms with Crippen LogP contribution in [0.15, 0.2) is 48.0 Å². The second-order valence-corrected chi connectivity index (χ2v) is 8.97. The summed E-state index contributed by atoms with van der Waals surface area (Å²) in [7, 11) is 3.92. The van der Waals surface area contributed by atoms with E-state index in [1.165, 1.54) is 0 Å². The predicted molar refractivity (Wildman–Crippen MR) is 131 cm³/mol. The summed E-state index contributed by atoms with van der Waals surface area (Å²) < 4.78 is 5.72. The quantitative estimate of drug-likeness (QED) is 0.323. The van der Waals surface area contributed by atoms with Crippen molar-refractivity contribution in [2.45, 2.75) is 32.7 Å². The first-order chi connectivity index (χ1) is 15.7. The van der Waals surface area contributed by atoms with E-state index in [4.69, 9.17) is 16.3 Å². The van der Waals surface area contributed by atoms with E-state index in [0.29, 0.717) is 30.2 Å². The van der Waals surface area contributed by atoms with Crippen LogP contribution in [0, 0.1) is 6.92 Å². The van der Waals surface area contributed by atoms with E-state index >= 15 is 0 Å². The lowest BCUT2D eigenvalue weighted by molar-refractivity contribution is -0.139. The number of aryl methyl sites for hydroxylation is 1. The molecule has 1 atom stereocenters. The lowest BCUT2D eigenvalue weighted by atomic mass is 9.94. The van der Waals surface area contributed by atoms with Gasteiger partial charge in [0.15, 0.2) is 0 Å². The molecule has 0 aromatic heterocycles. The number of carbonyl (C=O) groups excluding carboxylic acids is 2. The Morgan fingerprint density at radius 3 is 2.45 bits per heavy atom. The van der Waals surface area contributed by atoms with Crippen molar-refractivity contribution >= 4 is 29.1 Å². The zero-order valence-electron chi connectivity index (χ0n) is 19.6. The van der Waals surface area contributed by atoms with Gasteiger partial charge in [0.05, 0.1) is 18.2 Å². The van der Waals surface area contributed by atoms with Gasteiger partial charge in [0.25, 0.3) is 11.7 Å². The smallest absolute Gasteiger partial charge is 0.295 e. The summed E-state index contributed by atoms with van der Waals surface area (Å²) in [5.41, 5.74) is 2.13. The Morgan fingerprint density at radius 2 is 1.85 bits per heavy atom. The van der Waals surface area contributed by atoms with Crippen LogP contribution in [0.3, 0.4) is 0 Å². The Bertz CT molecular complexity index is 1050. The third kappa shape index (κ3) is 5.57. The third-order valence-corrected chi connectivity index (χ3v) is 5.89. The van der Waals surface area contributed by atoms with E-state index in [2.05, 4.69) is 0 Å². The predicted octanol–water partition coefficient (Wildman–Crippen LogP) is 4.81. The van der Waals surface area contributed by atoms with E-state index in [0.717, 1.165) is 29.8 Å². The van der Waals surface area contributed by atoms with Crippen LogP contribution in [0.4, 0.5) is 0 Å². The van der Waals surface area contributed by atoms with Gasteiger partial charge in [-0.05, 0) is 81.9 Å². The molecule has 0 bridgehead atoms. The monoisotopic (exact) mass is 470 g/mol. The molecule has 1 amide bonds. The van der Waals surface area contributed by atoms with Crippen LogP contribution in [0.2, 0.25) is 5.02 Å². The molecule has 0 radical (unpaired) electrons. The molecule has 6 nitrogen and oxygen atoms in total. The number of aliphatic hydroxyl groups excluding tert-OH is 1. The largest absolute Gasteiger partial charge is 0.507 e. The molecule has 0 aliphatic carbocycles. The van der Waals surface area contributed by atoms with Gasteiger partial charge >= 0.3 is 0 Å². The zero-order chi connectivity index (χ0) is 24.1. The molecule has 7 heteroatoms. The molecule has 0 spiro atoms. The number of halogens is 1. The van der Waals surface area contributed by atoms with E-state index in [-0.39, 0.29) is 11.3 Å². The minimum absolute atomic E-state index is 0.0915. The van der Waals surface area contributed by atoms with Gasteiger partial charge < -0.3 is 19.6 Å². The molecule has 1 aliphatic heterocycles. The fraction of sp³-hybridized carbons (Fsp3) is 0.385. The average Bonchev–Trinajstić information content (AvgIpc) is 3.03.